The Bertz CT molecular complexity index is 1700. The van der Waals surface area contributed by atoms with E-state index in [1.165, 1.54) is 0 Å². The molecule has 0 aliphatic rings. The van der Waals surface area contributed by atoms with Gasteiger partial charge in [0.2, 0.25) is 0 Å². The number of aromatic nitrogens is 2. The Balaban J connectivity index is 1.70. The van der Waals surface area contributed by atoms with Gasteiger partial charge >= 0.3 is 6.03 Å². The number of halogens is 1. The van der Waals surface area contributed by atoms with Gasteiger partial charge in [0.05, 0.1) is 29.7 Å². The molecule has 5 rings (SSSR count). The number of anilines is 1. The minimum atomic E-state index is -0.568. The molecule has 2 amide bonds. The van der Waals surface area contributed by atoms with E-state index in [-0.39, 0.29) is 11.6 Å². The Morgan fingerprint density at radius 2 is 1.70 bits per heavy atom. The molecule has 202 valence electrons. The van der Waals surface area contributed by atoms with E-state index in [1.807, 2.05) is 73.7 Å². The van der Waals surface area contributed by atoms with E-state index < -0.39 is 6.04 Å². The fraction of sp³-hybridized carbons (Fsp3) is 0.156. The SMILES string of the molecule is CCC(c1nc2ccccc2c(=O)n1-c1ccccc1OC)N(Cc1ccccc1)C(=O)Nc1cccc(Cl)c1. The maximum absolute atomic E-state index is 14.1. The Hall–Kier alpha value is -4.62. The van der Waals surface area contributed by atoms with Crippen molar-refractivity contribution in [1.82, 2.24) is 14.5 Å². The van der Waals surface area contributed by atoms with Gasteiger partial charge < -0.3 is 15.0 Å². The standard InChI is InChI=1S/C32H29ClN4O3/c1-3-27(36(21-22-12-5-4-6-13-22)32(39)34-24-15-11-14-23(33)20-24)30-35-26-17-8-7-16-25(26)31(38)37(30)28-18-9-10-19-29(28)40-2/h4-20,27H,3,21H2,1-2H3,(H,34,39). The minimum absolute atomic E-state index is 0.238. The second kappa shape index (κ2) is 12.1. The van der Waals surface area contributed by atoms with Gasteiger partial charge in [-0.15, -0.1) is 0 Å². The molecule has 0 radical (unpaired) electrons. The monoisotopic (exact) mass is 552 g/mol. The van der Waals surface area contributed by atoms with Crippen LogP contribution >= 0.6 is 11.6 Å². The Kier molecular flexibility index (Phi) is 8.12. The molecule has 7 nitrogen and oxygen atoms in total. The zero-order valence-corrected chi connectivity index (χ0v) is 23.0. The van der Waals surface area contributed by atoms with Crippen LogP contribution in [0.4, 0.5) is 10.5 Å². The van der Waals surface area contributed by atoms with Crippen molar-refractivity contribution >= 4 is 34.2 Å². The Morgan fingerprint density at radius 3 is 2.45 bits per heavy atom. The van der Waals surface area contributed by atoms with Gasteiger partial charge in [-0.05, 0) is 54.4 Å². The number of methoxy groups -OCH3 is 1. The van der Waals surface area contributed by atoms with Gasteiger partial charge in [0, 0.05) is 17.3 Å². The van der Waals surface area contributed by atoms with Crippen LogP contribution in [0.25, 0.3) is 16.6 Å². The summed E-state index contributed by atoms with van der Waals surface area (Å²) in [6.45, 7) is 2.27. The predicted molar refractivity (Wildman–Crippen MR) is 159 cm³/mol. The molecule has 0 aliphatic carbocycles. The molecule has 0 saturated heterocycles. The maximum atomic E-state index is 14.1. The topological polar surface area (TPSA) is 76.5 Å². The van der Waals surface area contributed by atoms with Crippen molar-refractivity contribution in [2.75, 3.05) is 12.4 Å². The zero-order valence-electron chi connectivity index (χ0n) is 22.3. The molecule has 1 unspecified atom stereocenters. The van der Waals surface area contributed by atoms with Crippen molar-refractivity contribution in [3.05, 3.63) is 130 Å². The van der Waals surface area contributed by atoms with E-state index in [9.17, 15) is 9.59 Å². The molecule has 4 aromatic carbocycles. The van der Waals surface area contributed by atoms with Crippen LogP contribution in [-0.2, 0) is 6.54 Å². The number of urea groups is 1. The molecule has 1 N–H and O–H groups in total. The first kappa shape index (κ1) is 27.0. The number of benzene rings is 4. The van der Waals surface area contributed by atoms with Crippen molar-refractivity contribution in [2.45, 2.75) is 25.9 Å². The predicted octanol–water partition coefficient (Wildman–Crippen LogP) is 7.23. The summed E-state index contributed by atoms with van der Waals surface area (Å²) in [6, 6.07) is 30.4. The third kappa shape index (κ3) is 5.55. The molecule has 8 heteroatoms. The van der Waals surface area contributed by atoms with Gasteiger partial charge in [-0.1, -0.05) is 79.2 Å². The molecule has 0 aliphatic heterocycles. The van der Waals surface area contributed by atoms with Crippen molar-refractivity contribution < 1.29 is 9.53 Å². The summed E-state index contributed by atoms with van der Waals surface area (Å²) in [5, 5.41) is 3.98. The lowest BCUT2D eigenvalue weighted by Gasteiger charge is -2.32. The van der Waals surface area contributed by atoms with Crippen LogP contribution in [0, 0.1) is 0 Å². The summed E-state index contributed by atoms with van der Waals surface area (Å²) in [5.41, 5.74) is 2.38. The fourth-order valence-corrected chi connectivity index (χ4v) is 5.02. The number of ether oxygens (including phenoxy) is 1. The molecule has 0 spiro atoms. The highest BCUT2D eigenvalue weighted by molar-refractivity contribution is 6.30. The first-order valence-electron chi connectivity index (χ1n) is 13.0. The third-order valence-corrected chi connectivity index (χ3v) is 6.96. The number of hydrogen-bond acceptors (Lipinski definition) is 4. The summed E-state index contributed by atoms with van der Waals surface area (Å²) in [7, 11) is 1.56. The number of carbonyl (C=O) groups is 1. The second-order valence-corrected chi connectivity index (χ2v) is 9.71. The van der Waals surface area contributed by atoms with Gasteiger partial charge in [-0.2, -0.15) is 0 Å². The number of carbonyl (C=O) groups excluding carboxylic acids is 1. The zero-order chi connectivity index (χ0) is 28.1. The third-order valence-electron chi connectivity index (χ3n) is 6.72. The fourth-order valence-electron chi connectivity index (χ4n) is 4.83. The van der Waals surface area contributed by atoms with Gasteiger partial charge in [-0.3, -0.25) is 9.36 Å². The molecule has 0 saturated carbocycles. The van der Waals surface area contributed by atoms with Crippen molar-refractivity contribution in [2.24, 2.45) is 0 Å². The molecule has 0 bridgehead atoms. The van der Waals surface area contributed by atoms with Crippen LogP contribution in [0.15, 0.2) is 108 Å². The van der Waals surface area contributed by atoms with E-state index in [4.69, 9.17) is 21.3 Å². The molecule has 0 fully saturated rings. The summed E-state index contributed by atoms with van der Waals surface area (Å²) in [5.74, 6) is 0.962. The largest absolute Gasteiger partial charge is 0.495 e. The smallest absolute Gasteiger partial charge is 0.322 e. The first-order chi connectivity index (χ1) is 19.5. The normalized spacial score (nSPS) is 11.7. The van der Waals surface area contributed by atoms with Crippen LogP contribution in [0.1, 0.15) is 30.8 Å². The van der Waals surface area contributed by atoms with Crippen LogP contribution in [0.3, 0.4) is 0 Å². The Morgan fingerprint density at radius 1 is 0.975 bits per heavy atom. The molecule has 1 aromatic heterocycles. The lowest BCUT2D eigenvalue weighted by atomic mass is 10.1. The van der Waals surface area contributed by atoms with Crippen molar-refractivity contribution in [1.29, 1.82) is 0 Å². The van der Waals surface area contributed by atoms with Gasteiger partial charge in [0.1, 0.15) is 11.6 Å². The quantitative estimate of drug-likeness (QED) is 0.220. The maximum Gasteiger partial charge on any atom is 0.322 e. The number of rotatable bonds is 8. The lowest BCUT2D eigenvalue weighted by molar-refractivity contribution is 0.177. The van der Waals surface area contributed by atoms with E-state index >= 15 is 0 Å². The molecule has 1 atom stereocenters. The average Bonchev–Trinajstić information content (AvgIpc) is 2.98. The number of hydrogen-bond donors (Lipinski definition) is 1. The van der Waals surface area contributed by atoms with Gasteiger partial charge in [-0.25, -0.2) is 9.78 Å². The number of para-hydroxylation sites is 3. The number of nitrogens with zero attached hydrogens (tertiary/aromatic N) is 3. The van der Waals surface area contributed by atoms with Gasteiger partial charge in [0.15, 0.2) is 0 Å². The molecular formula is C32H29ClN4O3. The number of nitrogens with one attached hydrogen (secondary N) is 1. The highest BCUT2D eigenvalue weighted by atomic mass is 35.5. The summed E-state index contributed by atoms with van der Waals surface area (Å²) in [4.78, 5) is 34.7. The minimum Gasteiger partial charge on any atom is -0.495 e. The van der Waals surface area contributed by atoms with Crippen LogP contribution in [0.2, 0.25) is 5.02 Å². The van der Waals surface area contributed by atoms with Crippen molar-refractivity contribution in [3.8, 4) is 11.4 Å². The molecule has 1 heterocycles. The highest BCUT2D eigenvalue weighted by Gasteiger charge is 2.30. The summed E-state index contributed by atoms with van der Waals surface area (Å²) < 4.78 is 7.21. The molecule has 5 aromatic rings. The van der Waals surface area contributed by atoms with Crippen LogP contribution < -0.4 is 15.6 Å². The number of amides is 2. The van der Waals surface area contributed by atoms with E-state index in [0.717, 1.165) is 5.56 Å². The molecule has 40 heavy (non-hydrogen) atoms. The lowest BCUT2D eigenvalue weighted by Crippen LogP contribution is -2.40. The van der Waals surface area contributed by atoms with E-state index in [2.05, 4.69) is 5.32 Å². The number of fused-ring (bicyclic) bond motifs is 1. The first-order valence-corrected chi connectivity index (χ1v) is 13.4. The average molecular weight is 553 g/mol. The highest BCUT2D eigenvalue weighted by Crippen LogP contribution is 2.31. The Labute approximate surface area is 237 Å². The van der Waals surface area contributed by atoms with Crippen LogP contribution in [0.5, 0.6) is 5.75 Å². The van der Waals surface area contributed by atoms with Gasteiger partial charge in [0.25, 0.3) is 5.56 Å². The van der Waals surface area contributed by atoms with Crippen molar-refractivity contribution in [3.63, 3.8) is 0 Å². The molecular weight excluding hydrogens is 524 g/mol. The second-order valence-electron chi connectivity index (χ2n) is 9.28. The van der Waals surface area contributed by atoms with E-state index in [1.54, 1.807) is 53.0 Å². The van der Waals surface area contributed by atoms with E-state index in [0.29, 0.717) is 51.8 Å². The summed E-state index contributed by atoms with van der Waals surface area (Å²) >= 11 is 6.19. The summed E-state index contributed by atoms with van der Waals surface area (Å²) in [6.07, 6.45) is 0.496. The van der Waals surface area contributed by atoms with Crippen LogP contribution in [-0.4, -0.2) is 27.6 Å².